The maximum Gasteiger partial charge on any atom is 0.230 e. The summed E-state index contributed by atoms with van der Waals surface area (Å²) in [5.41, 5.74) is 2.66. The average molecular weight is 283 g/mol. The van der Waals surface area contributed by atoms with Gasteiger partial charge in [-0.25, -0.2) is 0 Å². The van der Waals surface area contributed by atoms with Gasteiger partial charge in [-0.05, 0) is 48.6 Å². The van der Waals surface area contributed by atoms with Crippen LogP contribution in [0.2, 0.25) is 0 Å². The first-order valence-electron chi connectivity index (χ1n) is 7.65. The van der Waals surface area contributed by atoms with Gasteiger partial charge in [0.1, 0.15) is 5.75 Å². The van der Waals surface area contributed by atoms with E-state index in [0.717, 1.165) is 43.3 Å². The summed E-state index contributed by atoms with van der Waals surface area (Å²) in [7, 11) is 0. The number of rotatable bonds is 2. The minimum Gasteiger partial charge on any atom is -0.493 e. The van der Waals surface area contributed by atoms with Crippen LogP contribution >= 0.6 is 0 Å². The van der Waals surface area contributed by atoms with E-state index in [1.807, 2.05) is 12.1 Å². The summed E-state index contributed by atoms with van der Waals surface area (Å²) in [5.74, 6) is 2.95. The molecule has 2 aliphatic heterocycles. The maximum atomic E-state index is 5.53. The lowest BCUT2D eigenvalue weighted by Crippen LogP contribution is -2.10. The van der Waals surface area contributed by atoms with Crippen molar-refractivity contribution in [2.24, 2.45) is 5.41 Å². The molecule has 2 aromatic rings. The van der Waals surface area contributed by atoms with E-state index in [4.69, 9.17) is 9.26 Å². The standard InChI is InChI=1S/C16H17N3O2/c1-2-13-10(3-6-20-13)7-11(1)14-18-15(21-19-14)12-8-16(12)4-5-17-9-16/h1-2,7,12,17H,3-6,8-9H2. The molecule has 3 heterocycles. The third-order valence-corrected chi connectivity index (χ3v) is 5.15. The molecule has 0 bridgehead atoms. The topological polar surface area (TPSA) is 60.2 Å². The first-order chi connectivity index (χ1) is 10.3. The van der Waals surface area contributed by atoms with E-state index in [-0.39, 0.29) is 0 Å². The van der Waals surface area contributed by atoms with Crippen molar-refractivity contribution in [2.75, 3.05) is 19.7 Å². The van der Waals surface area contributed by atoms with Gasteiger partial charge in [-0.1, -0.05) is 5.16 Å². The largest absolute Gasteiger partial charge is 0.493 e. The number of nitrogens with one attached hydrogen (secondary N) is 1. The van der Waals surface area contributed by atoms with Crippen molar-refractivity contribution in [1.82, 2.24) is 15.5 Å². The summed E-state index contributed by atoms with van der Waals surface area (Å²) in [6, 6.07) is 6.14. The number of ether oxygens (including phenoxy) is 1. The van der Waals surface area contributed by atoms with Crippen molar-refractivity contribution in [3.05, 3.63) is 29.7 Å². The van der Waals surface area contributed by atoms with Gasteiger partial charge in [0.25, 0.3) is 0 Å². The highest BCUT2D eigenvalue weighted by atomic mass is 16.5. The zero-order chi connectivity index (χ0) is 13.9. The molecule has 0 amide bonds. The van der Waals surface area contributed by atoms with Crippen LogP contribution in [0.15, 0.2) is 22.7 Å². The molecule has 1 aliphatic carbocycles. The molecular formula is C16H17N3O2. The van der Waals surface area contributed by atoms with Crippen molar-refractivity contribution in [3.8, 4) is 17.1 Å². The molecule has 2 atom stereocenters. The molecule has 1 saturated carbocycles. The smallest absolute Gasteiger partial charge is 0.230 e. The second-order valence-corrected chi connectivity index (χ2v) is 6.42. The highest BCUT2D eigenvalue weighted by Crippen LogP contribution is 2.62. The molecule has 1 saturated heterocycles. The van der Waals surface area contributed by atoms with Crippen LogP contribution in [-0.4, -0.2) is 29.8 Å². The van der Waals surface area contributed by atoms with Crippen LogP contribution < -0.4 is 10.1 Å². The van der Waals surface area contributed by atoms with E-state index in [1.54, 1.807) is 0 Å². The number of nitrogens with zero attached hydrogens (tertiary/aromatic N) is 2. The van der Waals surface area contributed by atoms with E-state index in [0.29, 0.717) is 17.2 Å². The second-order valence-electron chi connectivity index (χ2n) is 6.42. The quantitative estimate of drug-likeness (QED) is 0.915. The van der Waals surface area contributed by atoms with Gasteiger partial charge in [-0.3, -0.25) is 0 Å². The highest BCUT2D eigenvalue weighted by Gasteiger charge is 2.58. The number of hydrogen-bond donors (Lipinski definition) is 1. The molecule has 21 heavy (non-hydrogen) atoms. The van der Waals surface area contributed by atoms with Crippen LogP contribution in [0.4, 0.5) is 0 Å². The molecule has 1 aromatic heterocycles. The molecule has 1 aromatic carbocycles. The minimum atomic E-state index is 0.398. The van der Waals surface area contributed by atoms with E-state index in [2.05, 4.69) is 21.5 Å². The van der Waals surface area contributed by atoms with Crippen LogP contribution in [-0.2, 0) is 6.42 Å². The fourth-order valence-corrected chi connectivity index (χ4v) is 3.75. The number of aromatic nitrogens is 2. The fourth-order valence-electron chi connectivity index (χ4n) is 3.75. The van der Waals surface area contributed by atoms with E-state index >= 15 is 0 Å². The molecular weight excluding hydrogens is 266 g/mol. The first kappa shape index (κ1) is 11.7. The Bertz CT molecular complexity index is 703. The van der Waals surface area contributed by atoms with Crippen molar-refractivity contribution in [3.63, 3.8) is 0 Å². The average Bonchev–Trinajstić information content (AvgIpc) is 2.98. The van der Waals surface area contributed by atoms with E-state index in [9.17, 15) is 0 Å². The summed E-state index contributed by atoms with van der Waals surface area (Å²) >= 11 is 0. The first-order valence-corrected chi connectivity index (χ1v) is 7.65. The van der Waals surface area contributed by atoms with Gasteiger partial charge in [0, 0.05) is 24.4 Å². The summed E-state index contributed by atoms with van der Waals surface area (Å²) in [6.07, 6.45) is 3.37. The van der Waals surface area contributed by atoms with Crippen LogP contribution in [0.3, 0.4) is 0 Å². The Hall–Kier alpha value is -1.88. The molecule has 0 radical (unpaired) electrons. The molecule has 5 heteroatoms. The van der Waals surface area contributed by atoms with Crippen LogP contribution in [0.25, 0.3) is 11.4 Å². The van der Waals surface area contributed by atoms with Crippen molar-refractivity contribution in [2.45, 2.75) is 25.2 Å². The zero-order valence-corrected chi connectivity index (χ0v) is 11.8. The maximum absolute atomic E-state index is 5.53. The van der Waals surface area contributed by atoms with Crippen molar-refractivity contribution >= 4 is 0 Å². The fraction of sp³-hybridized carbons (Fsp3) is 0.500. The van der Waals surface area contributed by atoms with Crippen molar-refractivity contribution in [1.29, 1.82) is 0 Å². The van der Waals surface area contributed by atoms with Gasteiger partial charge in [-0.2, -0.15) is 4.98 Å². The second kappa shape index (κ2) is 4.07. The van der Waals surface area contributed by atoms with E-state index < -0.39 is 0 Å². The summed E-state index contributed by atoms with van der Waals surface area (Å²) < 4.78 is 11.1. The Morgan fingerprint density at radius 3 is 3.24 bits per heavy atom. The number of hydrogen-bond acceptors (Lipinski definition) is 5. The highest BCUT2D eigenvalue weighted by molar-refractivity contribution is 5.59. The lowest BCUT2D eigenvalue weighted by molar-refractivity contribution is 0.357. The van der Waals surface area contributed by atoms with Gasteiger partial charge in [0.2, 0.25) is 11.7 Å². The third-order valence-electron chi connectivity index (χ3n) is 5.15. The molecule has 1 spiro atoms. The summed E-state index contributed by atoms with van der Waals surface area (Å²) in [5, 5.41) is 7.62. The summed E-state index contributed by atoms with van der Waals surface area (Å²) in [6.45, 7) is 2.97. The van der Waals surface area contributed by atoms with Gasteiger partial charge in [0.05, 0.1) is 6.61 Å². The molecule has 108 valence electrons. The Morgan fingerprint density at radius 2 is 2.33 bits per heavy atom. The van der Waals surface area contributed by atoms with Crippen LogP contribution in [0.1, 0.15) is 30.2 Å². The SMILES string of the molecule is c1cc2c(cc1-c1noc(C3CC34CCNC4)n1)CCO2. The molecule has 5 nitrogen and oxygen atoms in total. The van der Waals surface area contributed by atoms with Gasteiger partial charge in [0.15, 0.2) is 0 Å². The van der Waals surface area contributed by atoms with E-state index in [1.165, 1.54) is 18.4 Å². The number of benzene rings is 1. The Balaban J connectivity index is 1.44. The Kier molecular flexibility index (Phi) is 2.28. The van der Waals surface area contributed by atoms with Crippen LogP contribution in [0.5, 0.6) is 5.75 Å². The van der Waals surface area contributed by atoms with Gasteiger partial charge in [-0.15, -0.1) is 0 Å². The number of fused-ring (bicyclic) bond motifs is 1. The zero-order valence-electron chi connectivity index (χ0n) is 11.8. The molecule has 2 unspecified atom stereocenters. The van der Waals surface area contributed by atoms with Crippen LogP contribution in [0, 0.1) is 5.41 Å². The molecule has 5 rings (SSSR count). The lowest BCUT2D eigenvalue weighted by Gasteiger charge is -2.02. The van der Waals surface area contributed by atoms with Crippen molar-refractivity contribution < 1.29 is 9.26 Å². The molecule has 2 fully saturated rings. The van der Waals surface area contributed by atoms with Gasteiger partial charge >= 0.3 is 0 Å². The Labute approximate surface area is 122 Å². The molecule has 3 aliphatic rings. The lowest BCUT2D eigenvalue weighted by atomic mass is 10.0. The molecule has 1 N–H and O–H groups in total. The third kappa shape index (κ3) is 1.73. The monoisotopic (exact) mass is 283 g/mol. The minimum absolute atomic E-state index is 0.398. The Morgan fingerprint density at radius 1 is 1.33 bits per heavy atom. The van der Waals surface area contributed by atoms with Gasteiger partial charge < -0.3 is 14.6 Å². The predicted molar refractivity (Wildman–Crippen MR) is 76.2 cm³/mol. The predicted octanol–water partition coefficient (Wildman–Crippen LogP) is 2.14. The summed E-state index contributed by atoms with van der Waals surface area (Å²) in [4.78, 5) is 4.64. The normalized spacial score (nSPS) is 29.6.